The van der Waals surface area contributed by atoms with E-state index in [9.17, 15) is 0 Å². The van der Waals surface area contributed by atoms with E-state index in [1.165, 1.54) is 46.1 Å². The monoisotopic (exact) mass is 356 g/mol. The Hall–Kier alpha value is -0.230. The van der Waals surface area contributed by atoms with Crippen molar-refractivity contribution in [1.29, 1.82) is 0 Å². The number of nitrogens with zero attached hydrogens (tertiary/aromatic N) is 1. The molecule has 0 bridgehead atoms. The zero-order chi connectivity index (χ0) is 13.2. The lowest BCUT2D eigenvalue weighted by Gasteiger charge is -2.22. The van der Waals surface area contributed by atoms with Crippen LogP contribution in [0.5, 0.6) is 0 Å². The van der Waals surface area contributed by atoms with Crippen LogP contribution in [0, 0.1) is 0 Å². The van der Waals surface area contributed by atoms with E-state index in [0.29, 0.717) is 6.04 Å². The predicted molar refractivity (Wildman–Crippen MR) is 87.1 cm³/mol. The van der Waals surface area contributed by atoms with Gasteiger partial charge in [-0.15, -0.1) is 22.7 Å². The highest BCUT2D eigenvalue weighted by Crippen LogP contribution is 2.39. The van der Waals surface area contributed by atoms with Crippen LogP contribution in [-0.2, 0) is 6.42 Å². The number of thiophene rings is 1. The van der Waals surface area contributed by atoms with Crippen LogP contribution in [0.25, 0.3) is 9.88 Å². The molecule has 0 amide bonds. The maximum atomic E-state index is 4.91. The molecule has 3 rings (SSSR count). The summed E-state index contributed by atoms with van der Waals surface area (Å²) in [5.74, 6) is 0. The van der Waals surface area contributed by atoms with Gasteiger partial charge >= 0.3 is 0 Å². The number of thiazole rings is 1. The molecule has 1 atom stereocenters. The quantitative estimate of drug-likeness (QED) is 0.832. The maximum absolute atomic E-state index is 4.91. The van der Waals surface area contributed by atoms with E-state index >= 15 is 0 Å². The van der Waals surface area contributed by atoms with Gasteiger partial charge in [-0.05, 0) is 54.2 Å². The van der Waals surface area contributed by atoms with Crippen molar-refractivity contribution in [3.8, 4) is 9.88 Å². The first kappa shape index (κ1) is 13.7. The predicted octanol–water partition coefficient (Wildman–Crippen LogP) is 5.01. The summed E-state index contributed by atoms with van der Waals surface area (Å²) >= 11 is 7.17. The van der Waals surface area contributed by atoms with Crippen LogP contribution >= 0.6 is 38.6 Å². The molecule has 0 spiro atoms. The number of halogens is 1. The number of fused-ring (bicyclic) bond motifs is 1. The number of hydrogen-bond acceptors (Lipinski definition) is 4. The molecular formula is C14H17BrN2S2. The van der Waals surface area contributed by atoms with Gasteiger partial charge in [0.25, 0.3) is 0 Å². The molecule has 0 saturated heterocycles. The van der Waals surface area contributed by atoms with Crippen molar-refractivity contribution in [2.45, 2.75) is 38.6 Å². The molecule has 0 saturated carbocycles. The lowest BCUT2D eigenvalue weighted by Crippen LogP contribution is -2.25. The van der Waals surface area contributed by atoms with Crippen LogP contribution in [0.3, 0.4) is 0 Å². The first-order chi connectivity index (χ1) is 9.28. The number of aromatic nitrogens is 1. The zero-order valence-corrected chi connectivity index (χ0v) is 14.1. The Morgan fingerprint density at radius 3 is 3.16 bits per heavy atom. The van der Waals surface area contributed by atoms with E-state index in [2.05, 4.69) is 39.6 Å². The lowest BCUT2D eigenvalue weighted by molar-refractivity contribution is 0.454. The maximum Gasteiger partial charge on any atom is 0.134 e. The summed E-state index contributed by atoms with van der Waals surface area (Å²) in [5.41, 5.74) is 1.31. The van der Waals surface area contributed by atoms with Gasteiger partial charge in [0.2, 0.25) is 0 Å². The molecule has 1 aliphatic rings. The molecule has 5 heteroatoms. The fourth-order valence-electron chi connectivity index (χ4n) is 2.47. The van der Waals surface area contributed by atoms with Gasteiger partial charge in [-0.2, -0.15) is 0 Å². The van der Waals surface area contributed by atoms with Crippen molar-refractivity contribution >= 4 is 38.6 Å². The first-order valence-corrected chi connectivity index (χ1v) is 9.24. The van der Waals surface area contributed by atoms with E-state index in [4.69, 9.17) is 4.98 Å². The van der Waals surface area contributed by atoms with Gasteiger partial charge < -0.3 is 5.32 Å². The zero-order valence-electron chi connectivity index (χ0n) is 10.9. The van der Waals surface area contributed by atoms with Crippen molar-refractivity contribution in [2.75, 3.05) is 6.54 Å². The molecule has 0 fully saturated rings. The molecule has 2 aromatic heterocycles. The minimum Gasteiger partial charge on any atom is -0.309 e. The molecule has 19 heavy (non-hydrogen) atoms. The van der Waals surface area contributed by atoms with Crippen LogP contribution < -0.4 is 5.32 Å². The summed E-state index contributed by atoms with van der Waals surface area (Å²) < 4.78 is 1.15. The summed E-state index contributed by atoms with van der Waals surface area (Å²) in [6, 6.07) is 2.64. The third-order valence-electron chi connectivity index (χ3n) is 3.37. The fourth-order valence-corrected chi connectivity index (χ4v) is 5.12. The van der Waals surface area contributed by atoms with Crippen LogP contribution in [0.15, 0.2) is 15.9 Å². The lowest BCUT2D eigenvalue weighted by atomic mass is 9.97. The van der Waals surface area contributed by atoms with Crippen molar-refractivity contribution in [3.63, 3.8) is 0 Å². The summed E-state index contributed by atoms with van der Waals surface area (Å²) in [6.45, 7) is 3.30. The molecular weight excluding hydrogens is 340 g/mol. The highest BCUT2D eigenvalue weighted by Gasteiger charge is 2.24. The molecule has 1 aliphatic carbocycles. The minimum absolute atomic E-state index is 0.470. The highest BCUT2D eigenvalue weighted by molar-refractivity contribution is 9.10. The second kappa shape index (κ2) is 6.04. The third-order valence-corrected chi connectivity index (χ3v) is 6.36. The standard InChI is InChI=1S/C14H17BrN2S2/c1-2-6-16-10-4-3-5-11-13(10)17-14(19-11)12-7-9(15)8-18-12/h7-8,10,16H,2-6H2,1H3. The Bertz CT molecular complexity index is 562. The van der Waals surface area contributed by atoms with Crippen molar-refractivity contribution < 1.29 is 0 Å². The van der Waals surface area contributed by atoms with Gasteiger partial charge in [-0.1, -0.05) is 6.92 Å². The third kappa shape index (κ3) is 2.94. The van der Waals surface area contributed by atoms with Crippen molar-refractivity contribution in [1.82, 2.24) is 10.3 Å². The second-order valence-electron chi connectivity index (χ2n) is 4.86. The van der Waals surface area contributed by atoms with Crippen molar-refractivity contribution in [3.05, 3.63) is 26.5 Å². The second-order valence-corrected chi connectivity index (χ2v) is 7.77. The van der Waals surface area contributed by atoms with Gasteiger partial charge in [-0.25, -0.2) is 4.98 Å². The number of hydrogen-bond donors (Lipinski definition) is 1. The number of rotatable bonds is 4. The Morgan fingerprint density at radius 1 is 1.53 bits per heavy atom. The summed E-state index contributed by atoms with van der Waals surface area (Å²) in [6.07, 6.45) is 4.89. The van der Waals surface area contributed by atoms with E-state index in [-0.39, 0.29) is 0 Å². The molecule has 102 valence electrons. The van der Waals surface area contributed by atoms with E-state index in [1.807, 2.05) is 11.3 Å². The van der Waals surface area contributed by atoms with Crippen LogP contribution in [0.4, 0.5) is 0 Å². The average Bonchev–Trinajstić information content (AvgIpc) is 3.02. The molecule has 0 aromatic carbocycles. The minimum atomic E-state index is 0.470. The molecule has 2 heterocycles. The Morgan fingerprint density at radius 2 is 2.42 bits per heavy atom. The highest BCUT2D eigenvalue weighted by atomic mass is 79.9. The van der Waals surface area contributed by atoms with Gasteiger partial charge in [0.1, 0.15) is 5.01 Å². The molecule has 0 radical (unpaired) electrons. The first-order valence-electron chi connectivity index (χ1n) is 6.75. The molecule has 1 N–H and O–H groups in total. The van der Waals surface area contributed by atoms with Crippen LogP contribution in [0.1, 0.15) is 42.8 Å². The summed E-state index contributed by atoms with van der Waals surface area (Å²) in [4.78, 5) is 7.68. The van der Waals surface area contributed by atoms with Gasteiger partial charge in [-0.3, -0.25) is 0 Å². The smallest absolute Gasteiger partial charge is 0.134 e. The van der Waals surface area contributed by atoms with Crippen LogP contribution in [-0.4, -0.2) is 11.5 Å². The summed E-state index contributed by atoms with van der Waals surface area (Å²) in [7, 11) is 0. The number of nitrogens with one attached hydrogen (secondary N) is 1. The van der Waals surface area contributed by atoms with Gasteiger partial charge in [0, 0.05) is 14.7 Å². The van der Waals surface area contributed by atoms with Gasteiger partial charge in [0.15, 0.2) is 0 Å². The average molecular weight is 357 g/mol. The largest absolute Gasteiger partial charge is 0.309 e. The molecule has 2 nitrogen and oxygen atoms in total. The van der Waals surface area contributed by atoms with Gasteiger partial charge in [0.05, 0.1) is 16.6 Å². The van der Waals surface area contributed by atoms with E-state index in [1.54, 1.807) is 11.3 Å². The molecule has 2 aromatic rings. The number of aryl methyl sites for hydroxylation is 1. The molecule has 1 unspecified atom stereocenters. The summed E-state index contributed by atoms with van der Waals surface area (Å²) in [5, 5.41) is 6.95. The topological polar surface area (TPSA) is 24.9 Å². The van der Waals surface area contributed by atoms with E-state index < -0.39 is 0 Å². The van der Waals surface area contributed by atoms with E-state index in [0.717, 1.165) is 11.0 Å². The Labute approximate surface area is 130 Å². The van der Waals surface area contributed by atoms with Crippen LogP contribution in [0.2, 0.25) is 0 Å². The Kier molecular flexibility index (Phi) is 4.37. The Balaban J connectivity index is 1.88. The fraction of sp³-hybridized carbons (Fsp3) is 0.500. The SMILES string of the molecule is CCCNC1CCCc2sc(-c3cc(Br)cs3)nc21. The normalized spacial score (nSPS) is 18.5. The molecule has 0 aliphatic heterocycles. The van der Waals surface area contributed by atoms with Crippen molar-refractivity contribution in [2.24, 2.45) is 0 Å².